The second kappa shape index (κ2) is 6.44. The van der Waals surface area contributed by atoms with Crippen molar-refractivity contribution in [1.82, 2.24) is 24.7 Å². The third-order valence-corrected chi connectivity index (χ3v) is 2.67. The maximum absolute atomic E-state index is 5.93. The molecule has 102 valence electrons. The van der Waals surface area contributed by atoms with Gasteiger partial charge in [-0.1, -0.05) is 11.6 Å². The standard InChI is InChI=1S/C11H15ClN6O/c1-3-18-7-14-17-11(18)5-13-9-4-8(12)15-10(16-9)6-19-2/h4,7H,3,5-6H2,1-2H3,(H,13,15,16). The summed E-state index contributed by atoms with van der Waals surface area (Å²) in [6.07, 6.45) is 1.69. The molecule has 0 radical (unpaired) electrons. The van der Waals surface area contributed by atoms with Gasteiger partial charge in [-0.15, -0.1) is 10.2 Å². The molecule has 0 unspecified atom stereocenters. The molecular weight excluding hydrogens is 268 g/mol. The topological polar surface area (TPSA) is 77.8 Å². The van der Waals surface area contributed by atoms with Crippen LogP contribution >= 0.6 is 11.6 Å². The molecule has 0 fully saturated rings. The van der Waals surface area contributed by atoms with Crippen molar-refractivity contribution in [3.63, 3.8) is 0 Å². The van der Waals surface area contributed by atoms with Gasteiger partial charge in [-0.25, -0.2) is 9.97 Å². The first-order chi connectivity index (χ1) is 9.22. The number of ether oxygens (including phenoxy) is 1. The van der Waals surface area contributed by atoms with Gasteiger partial charge < -0.3 is 14.6 Å². The highest BCUT2D eigenvalue weighted by Crippen LogP contribution is 2.12. The monoisotopic (exact) mass is 282 g/mol. The maximum atomic E-state index is 5.93. The molecule has 2 heterocycles. The van der Waals surface area contributed by atoms with Gasteiger partial charge in [0.25, 0.3) is 0 Å². The summed E-state index contributed by atoms with van der Waals surface area (Å²) in [4.78, 5) is 8.35. The average molecular weight is 283 g/mol. The molecule has 19 heavy (non-hydrogen) atoms. The first-order valence-corrected chi connectivity index (χ1v) is 6.23. The van der Waals surface area contributed by atoms with Crippen LogP contribution in [0.5, 0.6) is 0 Å². The number of rotatable bonds is 6. The highest BCUT2D eigenvalue weighted by molar-refractivity contribution is 6.29. The van der Waals surface area contributed by atoms with E-state index in [0.29, 0.717) is 29.9 Å². The summed E-state index contributed by atoms with van der Waals surface area (Å²) in [6, 6.07) is 1.66. The molecule has 7 nitrogen and oxygen atoms in total. The zero-order valence-corrected chi connectivity index (χ0v) is 11.6. The summed E-state index contributed by atoms with van der Waals surface area (Å²) in [6.45, 7) is 3.70. The number of methoxy groups -OCH3 is 1. The molecule has 0 aromatic carbocycles. The van der Waals surface area contributed by atoms with E-state index >= 15 is 0 Å². The van der Waals surface area contributed by atoms with E-state index in [4.69, 9.17) is 16.3 Å². The number of halogens is 1. The van der Waals surface area contributed by atoms with Gasteiger partial charge >= 0.3 is 0 Å². The van der Waals surface area contributed by atoms with Crippen LogP contribution in [-0.2, 0) is 24.4 Å². The molecule has 0 aliphatic rings. The van der Waals surface area contributed by atoms with Crippen molar-refractivity contribution in [2.24, 2.45) is 0 Å². The molecule has 1 N–H and O–H groups in total. The molecule has 8 heteroatoms. The minimum absolute atomic E-state index is 0.320. The molecule has 0 amide bonds. The molecule has 0 atom stereocenters. The quantitative estimate of drug-likeness (QED) is 0.809. The summed E-state index contributed by atoms with van der Waals surface area (Å²) in [5.41, 5.74) is 0. The minimum Gasteiger partial charge on any atom is -0.377 e. The third kappa shape index (κ3) is 3.62. The van der Waals surface area contributed by atoms with Gasteiger partial charge in [0, 0.05) is 19.7 Å². The fraction of sp³-hybridized carbons (Fsp3) is 0.455. The number of nitrogens with one attached hydrogen (secondary N) is 1. The lowest BCUT2D eigenvalue weighted by Crippen LogP contribution is -2.09. The lowest BCUT2D eigenvalue weighted by Gasteiger charge is -2.08. The van der Waals surface area contributed by atoms with Crippen molar-refractivity contribution in [2.45, 2.75) is 26.6 Å². The van der Waals surface area contributed by atoms with Gasteiger partial charge in [-0.05, 0) is 6.92 Å². The van der Waals surface area contributed by atoms with E-state index in [-0.39, 0.29) is 0 Å². The zero-order chi connectivity index (χ0) is 13.7. The highest BCUT2D eigenvalue weighted by atomic mass is 35.5. The van der Waals surface area contributed by atoms with Crippen LogP contribution in [0, 0.1) is 0 Å². The van der Waals surface area contributed by atoms with Crippen LogP contribution < -0.4 is 5.32 Å². The van der Waals surface area contributed by atoms with Crippen LogP contribution in [0.2, 0.25) is 5.15 Å². The number of aromatic nitrogens is 5. The van der Waals surface area contributed by atoms with Gasteiger partial charge in [0.05, 0.1) is 6.54 Å². The Morgan fingerprint density at radius 2 is 2.26 bits per heavy atom. The van der Waals surface area contributed by atoms with E-state index in [2.05, 4.69) is 25.5 Å². The molecule has 0 saturated heterocycles. The number of anilines is 1. The molecule has 2 aromatic rings. The van der Waals surface area contributed by atoms with Crippen LogP contribution in [0.4, 0.5) is 5.82 Å². The molecule has 0 aliphatic carbocycles. The van der Waals surface area contributed by atoms with Crippen molar-refractivity contribution >= 4 is 17.4 Å². The highest BCUT2D eigenvalue weighted by Gasteiger charge is 2.06. The lowest BCUT2D eigenvalue weighted by atomic mass is 10.5. The predicted octanol–water partition coefficient (Wildman–Crippen LogP) is 1.50. The zero-order valence-electron chi connectivity index (χ0n) is 10.8. The summed E-state index contributed by atoms with van der Waals surface area (Å²) in [5, 5.41) is 11.4. The molecule has 0 saturated carbocycles. The Bertz CT molecular complexity index is 544. The van der Waals surface area contributed by atoms with Gasteiger partial charge in [0.15, 0.2) is 11.6 Å². The Hall–Kier alpha value is -1.73. The first kappa shape index (κ1) is 13.7. The van der Waals surface area contributed by atoms with E-state index in [0.717, 1.165) is 12.4 Å². The van der Waals surface area contributed by atoms with Crippen molar-refractivity contribution in [1.29, 1.82) is 0 Å². The van der Waals surface area contributed by atoms with E-state index < -0.39 is 0 Å². The minimum atomic E-state index is 0.320. The van der Waals surface area contributed by atoms with Crippen LogP contribution in [0.1, 0.15) is 18.6 Å². The van der Waals surface area contributed by atoms with E-state index in [1.165, 1.54) is 0 Å². The van der Waals surface area contributed by atoms with Crippen LogP contribution in [0.3, 0.4) is 0 Å². The summed E-state index contributed by atoms with van der Waals surface area (Å²) < 4.78 is 6.94. The Balaban J connectivity index is 2.06. The fourth-order valence-corrected chi connectivity index (χ4v) is 1.80. The number of nitrogens with zero attached hydrogens (tertiary/aromatic N) is 5. The predicted molar refractivity (Wildman–Crippen MR) is 70.8 cm³/mol. The second-order valence-corrected chi connectivity index (χ2v) is 4.20. The molecule has 2 rings (SSSR count). The second-order valence-electron chi connectivity index (χ2n) is 3.81. The van der Waals surface area contributed by atoms with E-state index in [1.54, 1.807) is 19.5 Å². The third-order valence-electron chi connectivity index (χ3n) is 2.48. The van der Waals surface area contributed by atoms with E-state index in [1.807, 2.05) is 11.5 Å². The Morgan fingerprint density at radius 1 is 1.42 bits per heavy atom. The molecule has 0 spiro atoms. The number of aryl methyl sites for hydroxylation is 1. The van der Waals surface area contributed by atoms with Gasteiger partial charge in [-0.2, -0.15) is 0 Å². The lowest BCUT2D eigenvalue weighted by molar-refractivity contribution is 0.178. The van der Waals surface area contributed by atoms with Gasteiger partial charge in [0.2, 0.25) is 0 Å². The maximum Gasteiger partial charge on any atom is 0.158 e. The number of hydrogen-bond acceptors (Lipinski definition) is 6. The number of hydrogen-bond donors (Lipinski definition) is 1. The Morgan fingerprint density at radius 3 is 3.00 bits per heavy atom. The molecule has 0 aliphatic heterocycles. The van der Waals surface area contributed by atoms with Gasteiger partial charge in [-0.3, -0.25) is 0 Å². The molecular formula is C11H15ClN6O. The van der Waals surface area contributed by atoms with Crippen molar-refractivity contribution < 1.29 is 4.74 Å². The first-order valence-electron chi connectivity index (χ1n) is 5.86. The summed E-state index contributed by atoms with van der Waals surface area (Å²) >= 11 is 5.93. The normalized spacial score (nSPS) is 10.7. The van der Waals surface area contributed by atoms with Crippen molar-refractivity contribution in [3.05, 3.63) is 29.2 Å². The largest absolute Gasteiger partial charge is 0.377 e. The summed E-state index contributed by atoms with van der Waals surface area (Å²) in [7, 11) is 1.58. The van der Waals surface area contributed by atoms with Crippen molar-refractivity contribution in [3.8, 4) is 0 Å². The van der Waals surface area contributed by atoms with Crippen LogP contribution in [0.15, 0.2) is 12.4 Å². The van der Waals surface area contributed by atoms with E-state index in [9.17, 15) is 0 Å². The van der Waals surface area contributed by atoms with Crippen molar-refractivity contribution in [2.75, 3.05) is 12.4 Å². The Labute approximate surface area is 116 Å². The molecule has 0 bridgehead atoms. The average Bonchev–Trinajstić information content (AvgIpc) is 2.83. The van der Waals surface area contributed by atoms with Crippen LogP contribution in [-0.4, -0.2) is 31.8 Å². The molecule has 2 aromatic heterocycles. The summed E-state index contributed by atoms with van der Waals surface area (Å²) in [5.74, 6) is 2.01. The smallest absolute Gasteiger partial charge is 0.158 e. The Kier molecular flexibility index (Phi) is 4.64. The van der Waals surface area contributed by atoms with Crippen LogP contribution in [0.25, 0.3) is 0 Å². The van der Waals surface area contributed by atoms with Gasteiger partial charge in [0.1, 0.15) is 23.9 Å². The fourth-order valence-electron chi connectivity index (χ4n) is 1.60. The SMILES string of the molecule is CCn1cnnc1CNc1cc(Cl)nc(COC)n1.